The van der Waals surface area contributed by atoms with Crippen LogP contribution in [-0.2, 0) is 0 Å². The second-order valence-corrected chi connectivity index (χ2v) is 5.67. The highest BCUT2D eigenvalue weighted by Gasteiger charge is 2.06. The maximum absolute atomic E-state index is 5.83. The molecule has 0 unspecified atom stereocenters. The van der Waals surface area contributed by atoms with E-state index in [0.717, 1.165) is 36.8 Å². The fourth-order valence-electron chi connectivity index (χ4n) is 2.23. The summed E-state index contributed by atoms with van der Waals surface area (Å²) >= 11 is 5.83. The van der Waals surface area contributed by atoms with Gasteiger partial charge in [0.1, 0.15) is 11.8 Å². The number of ether oxygens (including phenoxy) is 1. The summed E-state index contributed by atoms with van der Waals surface area (Å²) in [6, 6.07) is 18.7. The maximum Gasteiger partial charge on any atom is 0.119 e. The zero-order valence-electron chi connectivity index (χ0n) is 12.5. The molecule has 1 atom stereocenters. The molecule has 2 aromatic rings. The van der Waals surface area contributed by atoms with Crippen LogP contribution in [0.4, 0.5) is 0 Å². The van der Waals surface area contributed by atoms with Crippen molar-refractivity contribution >= 4 is 11.6 Å². The first-order valence-electron chi connectivity index (χ1n) is 7.52. The molecule has 0 spiro atoms. The Labute approximate surface area is 132 Å². The van der Waals surface area contributed by atoms with Crippen molar-refractivity contribution in [2.75, 3.05) is 13.2 Å². The van der Waals surface area contributed by atoms with Gasteiger partial charge in [-0.05, 0) is 44.0 Å². The number of hydrogen-bond acceptors (Lipinski definition) is 1. The van der Waals surface area contributed by atoms with Gasteiger partial charge in [-0.1, -0.05) is 41.9 Å². The van der Waals surface area contributed by atoms with Crippen molar-refractivity contribution < 1.29 is 10.1 Å². The van der Waals surface area contributed by atoms with Crippen molar-refractivity contribution in [1.82, 2.24) is 0 Å². The van der Waals surface area contributed by atoms with Crippen LogP contribution in [0.5, 0.6) is 5.75 Å². The van der Waals surface area contributed by atoms with Gasteiger partial charge >= 0.3 is 0 Å². The third-order valence-electron chi connectivity index (χ3n) is 3.53. The molecule has 0 heterocycles. The molecule has 2 rings (SSSR count). The topological polar surface area (TPSA) is 25.8 Å². The van der Waals surface area contributed by atoms with Crippen LogP contribution in [0.1, 0.15) is 31.4 Å². The molecule has 2 N–H and O–H groups in total. The fraction of sp³-hybridized carbons (Fsp3) is 0.333. The van der Waals surface area contributed by atoms with Crippen LogP contribution in [0.2, 0.25) is 5.02 Å². The Morgan fingerprint density at radius 1 is 1.00 bits per heavy atom. The Morgan fingerprint density at radius 3 is 2.43 bits per heavy atom. The third kappa shape index (κ3) is 5.78. The highest BCUT2D eigenvalue weighted by Crippen LogP contribution is 2.15. The molecule has 0 saturated carbocycles. The Balaban J connectivity index is 1.57. The summed E-state index contributed by atoms with van der Waals surface area (Å²) in [7, 11) is 0. The zero-order chi connectivity index (χ0) is 14.9. The van der Waals surface area contributed by atoms with E-state index in [2.05, 4.69) is 42.6 Å². The number of benzene rings is 2. The monoisotopic (exact) mass is 304 g/mol. The van der Waals surface area contributed by atoms with E-state index in [-0.39, 0.29) is 0 Å². The molecule has 2 nitrogen and oxygen atoms in total. The number of nitrogens with two attached hydrogens (primary N) is 1. The van der Waals surface area contributed by atoms with Crippen LogP contribution >= 0.6 is 11.6 Å². The van der Waals surface area contributed by atoms with Crippen molar-refractivity contribution in [1.29, 1.82) is 0 Å². The second kappa shape index (κ2) is 8.71. The van der Waals surface area contributed by atoms with Crippen molar-refractivity contribution in [3.05, 3.63) is 65.2 Å². The lowest BCUT2D eigenvalue weighted by Gasteiger charge is -2.11. The van der Waals surface area contributed by atoms with Crippen LogP contribution < -0.4 is 10.1 Å². The Morgan fingerprint density at radius 2 is 1.71 bits per heavy atom. The van der Waals surface area contributed by atoms with E-state index in [1.807, 2.05) is 24.3 Å². The summed E-state index contributed by atoms with van der Waals surface area (Å²) in [5, 5.41) is 3.13. The molecule has 0 aliphatic rings. The van der Waals surface area contributed by atoms with E-state index in [9.17, 15) is 0 Å². The van der Waals surface area contributed by atoms with Gasteiger partial charge < -0.3 is 10.1 Å². The van der Waals surface area contributed by atoms with Crippen LogP contribution in [0.3, 0.4) is 0 Å². The number of quaternary nitrogens is 1. The second-order valence-electron chi connectivity index (χ2n) is 5.23. The average molecular weight is 305 g/mol. The quantitative estimate of drug-likeness (QED) is 0.737. The number of rotatable bonds is 8. The smallest absolute Gasteiger partial charge is 0.119 e. The third-order valence-corrected chi connectivity index (χ3v) is 3.78. The molecule has 2 aromatic carbocycles. The molecule has 3 heteroatoms. The zero-order valence-corrected chi connectivity index (χ0v) is 13.2. The Bertz CT molecular complexity index is 513. The lowest BCUT2D eigenvalue weighted by Crippen LogP contribution is -2.84. The molecule has 112 valence electrons. The Kier molecular flexibility index (Phi) is 6.58. The predicted octanol–water partition coefficient (Wildman–Crippen LogP) is 3.82. The van der Waals surface area contributed by atoms with E-state index in [4.69, 9.17) is 16.3 Å². The summed E-state index contributed by atoms with van der Waals surface area (Å²) in [5.41, 5.74) is 1.38. The van der Waals surface area contributed by atoms with Gasteiger partial charge in [0.05, 0.1) is 13.2 Å². The van der Waals surface area contributed by atoms with Crippen molar-refractivity contribution in [3.8, 4) is 5.75 Å². The van der Waals surface area contributed by atoms with Gasteiger partial charge in [0.25, 0.3) is 0 Å². The van der Waals surface area contributed by atoms with E-state index in [1.165, 1.54) is 5.56 Å². The summed E-state index contributed by atoms with van der Waals surface area (Å²) < 4.78 is 5.68. The summed E-state index contributed by atoms with van der Waals surface area (Å²) in [6.45, 7) is 4.13. The average Bonchev–Trinajstić information content (AvgIpc) is 2.53. The van der Waals surface area contributed by atoms with E-state index in [0.29, 0.717) is 6.04 Å². The van der Waals surface area contributed by atoms with Gasteiger partial charge in [0, 0.05) is 10.6 Å². The predicted molar refractivity (Wildman–Crippen MR) is 87.8 cm³/mol. The largest absolute Gasteiger partial charge is 0.494 e. The highest BCUT2D eigenvalue weighted by molar-refractivity contribution is 6.30. The molecule has 0 aliphatic heterocycles. The summed E-state index contributed by atoms with van der Waals surface area (Å²) in [5.74, 6) is 0.890. The molecular formula is C18H23ClNO+. The first-order chi connectivity index (χ1) is 10.3. The molecule has 0 bridgehead atoms. The highest BCUT2D eigenvalue weighted by atomic mass is 35.5. The lowest BCUT2D eigenvalue weighted by molar-refractivity contribution is -0.693. The van der Waals surface area contributed by atoms with Crippen LogP contribution in [0.25, 0.3) is 0 Å². The van der Waals surface area contributed by atoms with Gasteiger partial charge in [-0.15, -0.1) is 0 Å². The van der Waals surface area contributed by atoms with Crippen LogP contribution in [0.15, 0.2) is 54.6 Å². The summed E-state index contributed by atoms with van der Waals surface area (Å²) in [4.78, 5) is 0. The molecular weight excluding hydrogens is 282 g/mol. The van der Waals surface area contributed by atoms with Gasteiger partial charge in [-0.2, -0.15) is 0 Å². The minimum Gasteiger partial charge on any atom is -0.494 e. The molecule has 0 aromatic heterocycles. The van der Waals surface area contributed by atoms with Gasteiger partial charge in [-0.3, -0.25) is 0 Å². The van der Waals surface area contributed by atoms with Crippen molar-refractivity contribution in [3.63, 3.8) is 0 Å². The lowest BCUT2D eigenvalue weighted by atomic mass is 10.1. The number of unbranched alkanes of at least 4 members (excludes halogenated alkanes) is 1. The molecule has 0 radical (unpaired) electrons. The molecule has 21 heavy (non-hydrogen) atoms. The molecule has 0 fully saturated rings. The fourth-order valence-corrected chi connectivity index (χ4v) is 2.35. The maximum atomic E-state index is 5.83. The summed E-state index contributed by atoms with van der Waals surface area (Å²) in [6.07, 6.45) is 2.23. The van der Waals surface area contributed by atoms with Crippen LogP contribution in [-0.4, -0.2) is 13.2 Å². The number of halogens is 1. The first kappa shape index (κ1) is 15.9. The normalized spacial score (nSPS) is 12.1. The SMILES string of the molecule is C[C@@H]([NH2+]CCCCOc1ccc(Cl)cc1)c1ccccc1. The van der Waals surface area contributed by atoms with Crippen molar-refractivity contribution in [2.24, 2.45) is 0 Å². The standard InChI is InChI=1S/C18H22ClNO/c1-15(16-7-3-2-4-8-16)20-13-5-6-14-21-18-11-9-17(19)10-12-18/h2-4,7-12,15,20H,5-6,13-14H2,1H3/p+1/t15-/m1/s1. The minimum absolute atomic E-state index is 0.517. The van der Waals surface area contributed by atoms with Gasteiger partial charge in [0.2, 0.25) is 0 Å². The Hall–Kier alpha value is -1.51. The van der Waals surface area contributed by atoms with Gasteiger partial charge in [-0.25, -0.2) is 0 Å². The van der Waals surface area contributed by atoms with Crippen LogP contribution in [0, 0.1) is 0 Å². The van der Waals surface area contributed by atoms with Crippen molar-refractivity contribution in [2.45, 2.75) is 25.8 Å². The van der Waals surface area contributed by atoms with E-state index >= 15 is 0 Å². The van der Waals surface area contributed by atoms with E-state index < -0.39 is 0 Å². The number of hydrogen-bond donors (Lipinski definition) is 1. The van der Waals surface area contributed by atoms with E-state index in [1.54, 1.807) is 0 Å². The molecule has 0 amide bonds. The molecule has 0 saturated heterocycles. The van der Waals surface area contributed by atoms with Gasteiger partial charge in [0.15, 0.2) is 0 Å². The molecule has 0 aliphatic carbocycles. The first-order valence-corrected chi connectivity index (χ1v) is 7.90. The minimum atomic E-state index is 0.517.